The van der Waals surface area contributed by atoms with Crippen LogP contribution in [0, 0.1) is 17.8 Å². The largest absolute Gasteiger partial charge is 0.488 e. The fourth-order valence-corrected chi connectivity index (χ4v) is 5.49. The molecule has 33 heavy (non-hydrogen) atoms. The maximum atomic E-state index is 12.5. The monoisotopic (exact) mass is 455 g/mol. The molecule has 3 aliphatic carbocycles. The maximum Gasteiger partial charge on any atom is 0.410 e. The first kappa shape index (κ1) is 21.7. The lowest BCUT2D eigenvalue weighted by Gasteiger charge is -2.23. The van der Waals surface area contributed by atoms with Gasteiger partial charge in [0.25, 0.3) is 0 Å². The molecule has 0 radical (unpaired) electrons. The van der Waals surface area contributed by atoms with Crippen LogP contribution in [0.1, 0.15) is 44.2 Å². The molecule has 2 aromatic rings. The lowest BCUT2D eigenvalue weighted by Crippen LogP contribution is -2.35. The van der Waals surface area contributed by atoms with Crippen LogP contribution in [0.15, 0.2) is 18.3 Å². The topological polar surface area (TPSA) is 120 Å². The van der Waals surface area contributed by atoms with Gasteiger partial charge in [-0.25, -0.2) is 9.48 Å². The summed E-state index contributed by atoms with van der Waals surface area (Å²) < 4.78 is 13.2. The van der Waals surface area contributed by atoms with Crippen LogP contribution in [0.25, 0.3) is 11.4 Å². The zero-order chi connectivity index (χ0) is 23.1. The predicted molar refractivity (Wildman–Crippen MR) is 116 cm³/mol. The highest BCUT2D eigenvalue weighted by Gasteiger charge is 2.62. The third-order valence-electron chi connectivity index (χ3n) is 7.43. The van der Waals surface area contributed by atoms with E-state index in [4.69, 9.17) is 9.47 Å². The van der Waals surface area contributed by atoms with E-state index in [0.29, 0.717) is 22.8 Å². The van der Waals surface area contributed by atoms with Crippen molar-refractivity contribution in [1.29, 1.82) is 0 Å². The van der Waals surface area contributed by atoms with Gasteiger partial charge in [0.15, 0.2) is 0 Å². The van der Waals surface area contributed by atoms with E-state index in [-0.39, 0.29) is 42.6 Å². The molecule has 1 unspecified atom stereocenters. The molecule has 10 nitrogen and oxygen atoms in total. The van der Waals surface area contributed by atoms with Crippen molar-refractivity contribution in [3.05, 3.63) is 24.0 Å². The molecule has 3 fully saturated rings. The highest BCUT2D eigenvalue weighted by molar-refractivity contribution is 5.75. The zero-order valence-corrected chi connectivity index (χ0v) is 18.9. The molecule has 176 valence electrons. The average molecular weight is 456 g/mol. The number of nitrogens with zero attached hydrogens (tertiary/aromatic N) is 5. The number of rotatable bonds is 7. The lowest BCUT2D eigenvalue weighted by atomic mass is 10.1. The number of hydrogen-bond donors (Lipinski definition) is 1. The number of pyridine rings is 1. The number of aromatic nitrogens is 4. The number of carbonyl (C=O) groups excluding carboxylic acids is 1. The third-order valence-corrected chi connectivity index (χ3v) is 7.43. The normalized spacial score (nSPS) is 26.1. The number of carboxylic acid groups (broad SMARTS) is 1. The Balaban J connectivity index is 1.22. The molecule has 0 bridgehead atoms. The fourth-order valence-electron chi connectivity index (χ4n) is 5.49. The number of aliphatic carboxylic acids is 1. The SMILES string of the molecule is CN(C(=O)OCc1c(-c2ccc(O[C@@H]3CCC4[C@H]3[C@@H]4C(=O)O)cn2)nnn1C)C1CCCC1. The Morgan fingerprint density at radius 1 is 1.21 bits per heavy atom. The number of carboxylic acids is 1. The molecule has 4 atom stereocenters. The summed E-state index contributed by atoms with van der Waals surface area (Å²) in [6, 6.07) is 3.85. The first-order chi connectivity index (χ1) is 15.9. The first-order valence-corrected chi connectivity index (χ1v) is 11.6. The molecular weight excluding hydrogens is 426 g/mol. The van der Waals surface area contributed by atoms with E-state index >= 15 is 0 Å². The van der Waals surface area contributed by atoms with Crippen LogP contribution in [0.2, 0.25) is 0 Å². The van der Waals surface area contributed by atoms with Crippen molar-refractivity contribution in [3.63, 3.8) is 0 Å². The van der Waals surface area contributed by atoms with E-state index in [2.05, 4.69) is 15.3 Å². The van der Waals surface area contributed by atoms with Crippen LogP contribution >= 0.6 is 0 Å². The minimum absolute atomic E-state index is 0.0520. The first-order valence-electron chi connectivity index (χ1n) is 11.6. The van der Waals surface area contributed by atoms with Gasteiger partial charge in [-0.3, -0.25) is 9.78 Å². The van der Waals surface area contributed by atoms with E-state index in [9.17, 15) is 14.7 Å². The van der Waals surface area contributed by atoms with E-state index in [1.54, 1.807) is 35.9 Å². The number of amides is 1. The number of fused-ring (bicyclic) bond motifs is 1. The van der Waals surface area contributed by atoms with Gasteiger partial charge < -0.3 is 19.5 Å². The smallest absolute Gasteiger partial charge is 0.410 e. The van der Waals surface area contributed by atoms with Gasteiger partial charge in [0, 0.05) is 26.1 Å². The molecule has 1 amide bonds. The minimum Gasteiger partial charge on any atom is -0.488 e. The van der Waals surface area contributed by atoms with Gasteiger partial charge in [0.2, 0.25) is 0 Å². The van der Waals surface area contributed by atoms with Crippen LogP contribution in [0.4, 0.5) is 4.79 Å². The number of aryl methyl sites for hydroxylation is 1. The van der Waals surface area contributed by atoms with Crippen molar-refractivity contribution in [2.45, 2.75) is 57.3 Å². The third kappa shape index (κ3) is 4.14. The van der Waals surface area contributed by atoms with Gasteiger partial charge in [-0.2, -0.15) is 0 Å². The van der Waals surface area contributed by atoms with Crippen LogP contribution < -0.4 is 4.74 Å². The van der Waals surface area contributed by atoms with E-state index in [1.807, 2.05) is 6.07 Å². The summed E-state index contributed by atoms with van der Waals surface area (Å²) >= 11 is 0. The average Bonchev–Trinajstić information content (AvgIpc) is 3.17. The second kappa shape index (κ2) is 8.64. The summed E-state index contributed by atoms with van der Waals surface area (Å²) in [7, 11) is 3.54. The summed E-state index contributed by atoms with van der Waals surface area (Å²) in [5.41, 5.74) is 1.81. The van der Waals surface area contributed by atoms with Gasteiger partial charge in [-0.1, -0.05) is 18.1 Å². The van der Waals surface area contributed by atoms with Crippen LogP contribution in [-0.2, 0) is 23.2 Å². The highest BCUT2D eigenvalue weighted by atomic mass is 16.6. The Morgan fingerprint density at radius 2 is 2.00 bits per heavy atom. The van der Waals surface area contributed by atoms with Crippen molar-refractivity contribution >= 4 is 12.1 Å². The molecule has 0 saturated heterocycles. The lowest BCUT2D eigenvalue weighted by molar-refractivity contribution is -0.139. The molecule has 10 heteroatoms. The molecule has 3 aliphatic rings. The molecule has 0 aliphatic heterocycles. The van der Waals surface area contributed by atoms with Crippen molar-refractivity contribution in [1.82, 2.24) is 24.9 Å². The fraction of sp³-hybridized carbons (Fsp3) is 0.609. The Kier molecular flexibility index (Phi) is 5.67. The standard InChI is InChI=1S/C23H29N5O5/c1-27(13-5-3-4-6-13)23(31)32-12-17-21(25-26-28(17)2)16-9-7-14(11-24-16)33-18-10-8-15-19(18)20(15)22(29)30/h7,9,11,13,15,18-20H,3-6,8,10,12H2,1-2H3,(H,29,30)/t15?,18-,19-,20-/m1/s1. The summed E-state index contributed by atoms with van der Waals surface area (Å²) in [6.07, 6.45) is 7.29. The molecule has 5 rings (SSSR count). The van der Waals surface area contributed by atoms with E-state index in [0.717, 1.165) is 38.5 Å². The molecule has 2 heterocycles. The van der Waals surface area contributed by atoms with Gasteiger partial charge in [-0.15, -0.1) is 5.10 Å². The highest BCUT2D eigenvalue weighted by Crippen LogP contribution is 2.58. The van der Waals surface area contributed by atoms with Gasteiger partial charge in [0.05, 0.1) is 17.8 Å². The predicted octanol–water partition coefficient (Wildman–Crippen LogP) is 2.88. The molecule has 0 spiro atoms. The second-order valence-corrected chi connectivity index (χ2v) is 9.33. The molecule has 0 aromatic carbocycles. The van der Waals surface area contributed by atoms with Gasteiger partial charge in [-0.05, 0) is 43.7 Å². The molecule has 3 saturated carbocycles. The van der Waals surface area contributed by atoms with Crippen LogP contribution in [0.5, 0.6) is 5.75 Å². The van der Waals surface area contributed by atoms with Crippen molar-refractivity contribution in [2.75, 3.05) is 7.05 Å². The zero-order valence-electron chi connectivity index (χ0n) is 18.9. The number of ether oxygens (including phenoxy) is 2. The summed E-state index contributed by atoms with van der Waals surface area (Å²) in [4.78, 5) is 29.9. The maximum absolute atomic E-state index is 12.5. The summed E-state index contributed by atoms with van der Waals surface area (Å²) in [5.74, 6) is -0.0377. The number of carbonyl (C=O) groups is 2. The summed E-state index contributed by atoms with van der Waals surface area (Å²) in [6.45, 7) is 0.0520. The van der Waals surface area contributed by atoms with Crippen LogP contribution in [0.3, 0.4) is 0 Å². The van der Waals surface area contributed by atoms with Crippen LogP contribution in [-0.4, -0.2) is 61.2 Å². The number of hydrogen-bond acceptors (Lipinski definition) is 7. The molecule has 1 N–H and O–H groups in total. The van der Waals surface area contributed by atoms with Crippen molar-refractivity contribution < 1.29 is 24.2 Å². The van der Waals surface area contributed by atoms with Gasteiger partial charge in [0.1, 0.15) is 29.8 Å². The Labute approximate surface area is 191 Å². The van der Waals surface area contributed by atoms with E-state index < -0.39 is 5.97 Å². The Morgan fingerprint density at radius 3 is 2.67 bits per heavy atom. The quantitative estimate of drug-likeness (QED) is 0.677. The summed E-state index contributed by atoms with van der Waals surface area (Å²) in [5, 5.41) is 17.6. The second-order valence-electron chi connectivity index (χ2n) is 9.33. The Bertz CT molecular complexity index is 1030. The van der Waals surface area contributed by atoms with Gasteiger partial charge >= 0.3 is 12.1 Å². The van der Waals surface area contributed by atoms with Crippen molar-refractivity contribution in [2.24, 2.45) is 24.8 Å². The van der Waals surface area contributed by atoms with E-state index in [1.165, 1.54) is 0 Å². The Hall–Kier alpha value is -3.17. The molecule has 2 aromatic heterocycles. The minimum atomic E-state index is -0.725. The molecular formula is C23H29N5O5. The van der Waals surface area contributed by atoms with Crippen molar-refractivity contribution in [3.8, 4) is 17.1 Å².